The minimum absolute atomic E-state index is 0.0706. The number of carbonyl (C=O) groups excluding carboxylic acids is 1. The molecule has 1 aromatic heterocycles. The van der Waals surface area contributed by atoms with E-state index in [1.165, 1.54) is 12.1 Å². The highest BCUT2D eigenvalue weighted by atomic mass is 19.1. The monoisotopic (exact) mass is 263 g/mol. The maximum Gasteiger partial charge on any atom is 0.238 e. The number of halogens is 1. The van der Waals surface area contributed by atoms with Crippen molar-refractivity contribution in [1.82, 2.24) is 20.1 Å². The van der Waals surface area contributed by atoms with Gasteiger partial charge in [-0.3, -0.25) is 4.79 Å². The molecule has 7 heteroatoms. The van der Waals surface area contributed by atoms with Crippen LogP contribution in [0.3, 0.4) is 0 Å². The number of anilines is 1. The van der Waals surface area contributed by atoms with Crippen LogP contribution in [0.2, 0.25) is 0 Å². The van der Waals surface area contributed by atoms with Gasteiger partial charge in [-0.2, -0.15) is 0 Å². The highest BCUT2D eigenvalue weighted by molar-refractivity contribution is 5.92. The zero-order valence-corrected chi connectivity index (χ0v) is 10.4. The molecule has 19 heavy (non-hydrogen) atoms. The SMILES string of the molecule is Cn1cnnc1CNCC(=O)Nc1ccccc1F. The van der Waals surface area contributed by atoms with Gasteiger partial charge in [0.15, 0.2) is 0 Å². The average Bonchev–Trinajstić information content (AvgIpc) is 2.78. The molecule has 0 fully saturated rings. The number of benzene rings is 1. The third kappa shape index (κ3) is 3.59. The minimum atomic E-state index is -0.454. The molecule has 0 aliphatic rings. The highest BCUT2D eigenvalue weighted by Gasteiger charge is 2.06. The Morgan fingerprint density at radius 3 is 2.89 bits per heavy atom. The number of carbonyl (C=O) groups is 1. The van der Waals surface area contributed by atoms with Gasteiger partial charge in [-0.1, -0.05) is 12.1 Å². The van der Waals surface area contributed by atoms with Crippen molar-refractivity contribution in [2.75, 3.05) is 11.9 Å². The molecular formula is C12H14FN5O. The quantitative estimate of drug-likeness (QED) is 0.832. The van der Waals surface area contributed by atoms with Crippen molar-refractivity contribution in [2.24, 2.45) is 7.05 Å². The first-order chi connectivity index (χ1) is 9.16. The molecule has 1 amide bonds. The van der Waals surface area contributed by atoms with Gasteiger partial charge in [-0.05, 0) is 12.1 Å². The van der Waals surface area contributed by atoms with Gasteiger partial charge in [0, 0.05) is 7.05 Å². The van der Waals surface area contributed by atoms with Gasteiger partial charge in [0.25, 0.3) is 0 Å². The van der Waals surface area contributed by atoms with Crippen LogP contribution >= 0.6 is 0 Å². The first-order valence-electron chi connectivity index (χ1n) is 5.75. The Balaban J connectivity index is 1.79. The number of amides is 1. The van der Waals surface area contributed by atoms with Crippen LogP contribution in [0.1, 0.15) is 5.82 Å². The zero-order valence-electron chi connectivity index (χ0n) is 10.4. The summed E-state index contributed by atoms with van der Waals surface area (Å²) in [5, 5.41) is 13.0. The lowest BCUT2D eigenvalue weighted by Gasteiger charge is -2.07. The fourth-order valence-electron chi connectivity index (χ4n) is 1.51. The molecular weight excluding hydrogens is 249 g/mol. The lowest BCUT2D eigenvalue weighted by molar-refractivity contribution is -0.115. The molecule has 0 aliphatic carbocycles. The highest BCUT2D eigenvalue weighted by Crippen LogP contribution is 2.11. The predicted octanol–water partition coefficient (Wildman–Crippen LogP) is 0.682. The van der Waals surface area contributed by atoms with Crippen molar-refractivity contribution in [3.05, 3.63) is 42.2 Å². The van der Waals surface area contributed by atoms with Crippen LogP contribution in [-0.4, -0.2) is 27.2 Å². The number of hydrogen-bond donors (Lipinski definition) is 2. The molecule has 100 valence electrons. The Morgan fingerprint density at radius 1 is 1.42 bits per heavy atom. The summed E-state index contributed by atoms with van der Waals surface area (Å²) in [5.41, 5.74) is 0.174. The summed E-state index contributed by atoms with van der Waals surface area (Å²) >= 11 is 0. The second-order valence-corrected chi connectivity index (χ2v) is 3.99. The number of nitrogens with zero attached hydrogens (tertiary/aromatic N) is 3. The summed E-state index contributed by atoms with van der Waals surface area (Å²) in [6.07, 6.45) is 1.58. The molecule has 0 spiro atoms. The maximum absolute atomic E-state index is 13.3. The number of aryl methyl sites for hydroxylation is 1. The van der Waals surface area contributed by atoms with E-state index in [1.807, 2.05) is 7.05 Å². The molecule has 1 heterocycles. The Bertz CT molecular complexity index is 569. The summed E-state index contributed by atoms with van der Waals surface area (Å²) < 4.78 is 15.0. The third-order valence-electron chi connectivity index (χ3n) is 2.52. The van der Waals surface area contributed by atoms with Crippen LogP contribution in [0.25, 0.3) is 0 Å². The van der Waals surface area contributed by atoms with Crippen molar-refractivity contribution in [1.29, 1.82) is 0 Å². The molecule has 0 radical (unpaired) electrons. The molecule has 0 saturated heterocycles. The van der Waals surface area contributed by atoms with E-state index in [2.05, 4.69) is 20.8 Å². The van der Waals surface area contributed by atoms with E-state index in [0.717, 1.165) is 5.82 Å². The molecule has 2 rings (SSSR count). The van der Waals surface area contributed by atoms with Gasteiger partial charge in [0.2, 0.25) is 5.91 Å². The van der Waals surface area contributed by atoms with Crippen LogP contribution in [-0.2, 0) is 18.4 Å². The second kappa shape index (κ2) is 6.05. The Morgan fingerprint density at radius 2 is 2.21 bits per heavy atom. The van der Waals surface area contributed by atoms with E-state index in [0.29, 0.717) is 6.54 Å². The summed E-state index contributed by atoms with van der Waals surface area (Å²) in [4.78, 5) is 11.6. The lowest BCUT2D eigenvalue weighted by atomic mass is 10.3. The van der Waals surface area contributed by atoms with Crippen LogP contribution < -0.4 is 10.6 Å². The molecule has 0 atom stereocenters. The fraction of sp³-hybridized carbons (Fsp3) is 0.250. The maximum atomic E-state index is 13.3. The molecule has 0 bridgehead atoms. The van der Waals surface area contributed by atoms with Gasteiger partial charge < -0.3 is 15.2 Å². The number of para-hydroxylation sites is 1. The van der Waals surface area contributed by atoms with Gasteiger partial charge in [-0.15, -0.1) is 10.2 Å². The lowest BCUT2D eigenvalue weighted by Crippen LogP contribution is -2.28. The summed E-state index contributed by atoms with van der Waals surface area (Å²) in [7, 11) is 1.82. The van der Waals surface area contributed by atoms with Gasteiger partial charge in [-0.25, -0.2) is 4.39 Å². The third-order valence-corrected chi connectivity index (χ3v) is 2.52. The van der Waals surface area contributed by atoms with E-state index in [4.69, 9.17) is 0 Å². The number of aromatic nitrogens is 3. The number of nitrogens with one attached hydrogen (secondary N) is 2. The van der Waals surface area contributed by atoms with Crippen molar-refractivity contribution in [2.45, 2.75) is 6.54 Å². The molecule has 0 aliphatic heterocycles. The summed E-state index contributed by atoms with van der Waals surface area (Å²) in [5.74, 6) is -0.0462. The van der Waals surface area contributed by atoms with Gasteiger partial charge in [0.05, 0.1) is 18.8 Å². The largest absolute Gasteiger partial charge is 0.322 e. The average molecular weight is 263 g/mol. The van der Waals surface area contributed by atoms with Crippen LogP contribution in [0, 0.1) is 5.82 Å². The van der Waals surface area contributed by atoms with Crippen molar-refractivity contribution < 1.29 is 9.18 Å². The summed E-state index contributed by atoms with van der Waals surface area (Å²) in [6.45, 7) is 0.488. The topological polar surface area (TPSA) is 71.8 Å². The standard InChI is InChI=1S/C12H14FN5O/c1-18-8-15-17-11(18)6-14-7-12(19)16-10-5-3-2-4-9(10)13/h2-5,8,14H,6-7H2,1H3,(H,16,19). The molecule has 2 aromatic rings. The van der Waals surface area contributed by atoms with Gasteiger partial charge in [0.1, 0.15) is 18.0 Å². The van der Waals surface area contributed by atoms with E-state index in [9.17, 15) is 9.18 Å². The zero-order chi connectivity index (χ0) is 13.7. The van der Waals surface area contributed by atoms with E-state index in [1.54, 1.807) is 23.0 Å². The first kappa shape index (κ1) is 13.2. The van der Waals surface area contributed by atoms with Crippen molar-refractivity contribution in [3.63, 3.8) is 0 Å². The van der Waals surface area contributed by atoms with Crippen molar-refractivity contribution in [3.8, 4) is 0 Å². The normalized spacial score (nSPS) is 10.4. The van der Waals surface area contributed by atoms with Gasteiger partial charge >= 0.3 is 0 Å². The Kier molecular flexibility index (Phi) is 4.19. The number of hydrogen-bond acceptors (Lipinski definition) is 4. The van der Waals surface area contributed by atoms with Crippen LogP contribution in [0.5, 0.6) is 0 Å². The number of rotatable bonds is 5. The van der Waals surface area contributed by atoms with Crippen LogP contribution in [0.15, 0.2) is 30.6 Å². The van der Waals surface area contributed by atoms with Crippen LogP contribution in [0.4, 0.5) is 10.1 Å². The Hall–Kier alpha value is -2.28. The summed E-state index contributed by atoms with van der Waals surface area (Å²) in [6, 6.07) is 6.03. The Labute approximate surface area is 109 Å². The second-order valence-electron chi connectivity index (χ2n) is 3.99. The van der Waals surface area contributed by atoms with E-state index in [-0.39, 0.29) is 18.1 Å². The molecule has 1 aromatic carbocycles. The molecule has 0 unspecified atom stereocenters. The fourth-order valence-corrected chi connectivity index (χ4v) is 1.51. The first-order valence-corrected chi connectivity index (χ1v) is 5.75. The molecule has 0 saturated carbocycles. The van der Waals surface area contributed by atoms with E-state index < -0.39 is 5.82 Å². The minimum Gasteiger partial charge on any atom is -0.322 e. The predicted molar refractivity (Wildman–Crippen MR) is 67.7 cm³/mol. The van der Waals surface area contributed by atoms with Crippen molar-refractivity contribution >= 4 is 11.6 Å². The molecule has 6 nitrogen and oxygen atoms in total. The smallest absolute Gasteiger partial charge is 0.238 e. The molecule has 2 N–H and O–H groups in total. The van der Waals surface area contributed by atoms with E-state index >= 15 is 0 Å².